The van der Waals surface area contributed by atoms with Crippen molar-refractivity contribution >= 4 is 5.91 Å². The standard InChI is InChI=1S/C13H23F3N2O2/c1-10-4-3-5-11(2)18(10)12(20)8-17(6-7-19)9-13(14,15)16/h10-11,19H,3-9H2,1-2H3. The molecule has 7 heteroatoms. The van der Waals surface area contributed by atoms with E-state index < -0.39 is 19.3 Å². The topological polar surface area (TPSA) is 43.8 Å². The van der Waals surface area contributed by atoms with Crippen molar-refractivity contribution in [3.05, 3.63) is 0 Å². The Labute approximate surface area is 117 Å². The first-order chi connectivity index (χ1) is 9.24. The molecule has 1 N–H and O–H groups in total. The van der Waals surface area contributed by atoms with E-state index in [1.54, 1.807) is 4.90 Å². The molecular weight excluding hydrogens is 273 g/mol. The van der Waals surface area contributed by atoms with Gasteiger partial charge in [-0.1, -0.05) is 0 Å². The van der Waals surface area contributed by atoms with Crippen LogP contribution in [0.1, 0.15) is 33.1 Å². The SMILES string of the molecule is CC1CCCC(C)N1C(=O)CN(CCO)CC(F)(F)F. The zero-order chi connectivity index (χ0) is 15.3. The highest BCUT2D eigenvalue weighted by Gasteiger charge is 2.34. The van der Waals surface area contributed by atoms with Gasteiger partial charge in [0.25, 0.3) is 0 Å². The maximum atomic E-state index is 12.4. The number of piperidine rings is 1. The normalized spacial score (nSPS) is 24.2. The number of rotatable bonds is 5. The summed E-state index contributed by atoms with van der Waals surface area (Å²) in [5, 5.41) is 8.83. The Hall–Kier alpha value is -0.820. The van der Waals surface area contributed by atoms with Crippen LogP contribution in [0.3, 0.4) is 0 Å². The number of nitrogens with zero attached hydrogens (tertiary/aromatic N) is 2. The molecule has 0 spiro atoms. The van der Waals surface area contributed by atoms with Gasteiger partial charge in [-0.25, -0.2) is 0 Å². The minimum atomic E-state index is -4.37. The van der Waals surface area contributed by atoms with E-state index in [0.717, 1.165) is 24.2 Å². The van der Waals surface area contributed by atoms with Crippen LogP contribution in [0.5, 0.6) is 0 Å². The molecule has 4 nitrogen and oxygen atoms in total. The smallest absolute Gasteiger partial charge is 0.395 e. The van der Waals surface area contributed by atoms with E-state index in [2.05, 4.69) is 0 Å². The van der Waals surface area contributed by atoms with Gasteiger partial charge in [0.2, 0.25) is 5.91 Å². The summed E-state index contributed by atoms with van der Waals surface area (Å²) < 4.78 is 37.3. The van der Waals surface area contributed by atoms with Gasteiger partial charge in [-0.15, -0.1) is 0 Å². The molecule has 20 heavy (non-hydrogen) atoms. The van der Waals surface area contributed by atoms with E-state index in [0.29, 0.717) is 0 Å². The van der Waals surface area contributed by atoms with Gasteiger partial charge in [-0.05, 0) is 33.1 Å². The Morgan fingerprint density at radius 1 is 1.30 bits per heavy atom. The molecule has 0 aliphatic carbocycles. The van der Waals surface area contributed by atoms with E-state index in [1.165, 1.54) is 0 Å². The van der Waals surface area contributed by atoms with Gasteiger partial charge >= 0.3 is 6.18 Å². The fraction of sp³-hybridized carbons (Fsp3) is 0.923. The summed E-state index contributed by atoms with van der Waals surface area (Å²) in [6.07, 6.45) is -1.56. The number of aliphatic hydroxyl groups excluding tert-OH is 1. The number of likely N-dealkylation sites (tertiary alicyclic amines) is 1. The van der Waals surface area contributed by atoms with Crippen molar-refractivity contribution in [1.82, 2.24) is 9.80 Å². The van der Waals surface area contributed by atoms with E-state index in [1.807, 2.05) is 13.8 Å². The van der Waals surface area contributed by atoms with E-state index >= 15 is 0 Å². The van der Waals surface area contributed by atoms with Crippen molar-refractivity contribution in [3.63, 3.8) is 0 Å². The number of carbonyl (C=O) groups is 1. The molecular formula is C13H23F3N2O2. The molecule has 118 valence electrons. The third-order valence-electron chi connectivity index (χ3n) is 3.66. The van der Waals surface area contributed by atoms with Crippen LogP contribution in [0.15, 0.2) is 0 Å². The van der Waals surface area contributed by atoms with Crippen LogP contribution in [0.2, 0.25) is 0 Å². The Bertz CT molecular complexity index is 313. The summed E-state index contributed by atoms with van der Waals surface area (Å²) in [5.41, 5.74) is 0. The largest absolute Gasteiger partial charge is 0.401 e. The van der Waals surface area contributed by atoms with E-state index in [9.17, 15) is 18.0 Å². The molecule has 0 bridgehead atoms. The third-order valence-corrected chi connectivity index (χ3v) is 3.66. The minimum Gasteiger partial charge on any atom is -0.395 e. The average Bonchev–Trinajstić information content (AvgIpc) is 2.26. The van der Waals surface area contributed by atoms with E-state index in [4.69, 9.17) is 5.11 Å². The zero-order valence-electron chi connectivity index (χ0n) is 12.0. The molecule has 1 aliphatic rings. The first-order valence-electron chi connectivity index (χ1n) is 6.95. The van der Waals surface area contributed by atoms with Crippen LogP contribution in [-0.4, -0.2) is 65.3 Å². The highest BCUT2D eigenvalue weighted by atomic mass is 19.4. The zero-order valence-corrected chi connectivity index (χ0v) is 12.0. The first kappa shape index (κ1) is 17.2. The fourth-order valence-electron chi connectivity index (χ4n) is 2.79. The highest BCUT2D eigenvalue weighted by molar-refractivity contribution is 5.79. The van der Waals surface area contributed by atoms with Gasteiger partial charge in [0.15, 0.2) is 0 Å². The van der Waals surface area contributed by atoms with Crippen molar-refractivity contribution in [2.24, 2.45) is 0 Å². The molecule has 2 atom stereocenters. The molecule has 0 aromatic carbocycles. The van der Waals surface area contributed by atoms with Crippen LogP contribution in [0.4, 0.5) is 13.2 Å². The van der Waals surface area contributed by atoms with Crippen molar-refractivity contribution in [1.29, 1.82) is 0 Å². The molecule has 0 radical (unpaired) electrons. The molecule has 1 fully saturated rings. The number of aliphatic hydroxyl groups is 1. The predicted molar refractivity (Wildman–Crippen MR) is 69.2 cm³/mol. The van der Waals surface area contributed by atoms with Crippen molar-refractivity contribution in [3.8, 4) is 0 Å². The number of halogens is 3. The van der Waals surface area contributed by atoms with Gasteiger partial charge in [-0.2, -0.15) is 13.2 Å². The summed E-state index contributed by atoms with van der Waals surface area (Å²) >= 11 is 0. The molecule has 2 unspecified atom stereocenters. The van der Waals surface area contributed by atoms with Crippen molar-refractivity contribution < 1.29 is 23.1 Å². The lowest BCUT2D eigenvalue weighted by atomic mass is 9.97. The Kier molecular flexibility index (Phi) is 6.26. The molecule has 1 rings (SSSR count). The summed E-state index contributed by atoms with van der Waals surface area (Å²) in [7, 11) is 0. The van der Waals surface area contributed by atoms with Crippen molar-refractivity contribution in [2.45, 2.75) is 51.4 Å². The summed E-state index contributed by atoms with van der Waals surface area (Å²) in [6.45, 7) is 1.84. The number of alkyl halides is 3. The molecule has 1 saturated heterocycles. The van der Waals surface area contributed by atoms with Crippen LogP contribution in [0.25, 0.3) is 0 Å². The second kappa shape index (κ2) is 7.26. The fourth-order valence-corrected chi connectivity index (χ4v) is 2.79. The van der Waals surface area contributed by atoms with Gasteiger partial charge < -0.3 is 10.0 Å². The van der Waals surface area contributed by atoms with Crippen LogP contribution in [-0.2, 0) is 4.79 Å². The molecule has 0 saturated carbocycles. The van der Waals surface area contributed by atoms with Gasteiger partial charge in [0, 0.05) is 18.6 Å². The maximum Gasteiger partial charge on any atom is 0.401 e. The highest BCUT2D eigenvalue weighted by Crippen LogP contribution is 2.23. The van der Waals surface area contributed by atoms with Crippen LogP contribution < -0.4 is 0 Å². The molecule has 1 amide bonds. The van der Waals surface area contributed by atoms with Crippen LogP contribution in [0, 0.1) is 0 Å². The number of carbonyl (C=O) groups excluding carboxylic acids is 1. The molecule has 1 heterocycles. The van der Waals surface area contributed by atoms with Crippen LogP contribution >= 0.6 is 0 Å². The van der Waals surface area contributed by atoms with Gasteiger partial charge in [0.05, 0.1) is 19.7 Å². The summed E-state index contributed by atoms with van der Waals surface area (Å²) in [5.74, 6) is -0.289. The van der Waals surface area contributed by atoms with Gasteiger partial charge in [0.1, 0.15) is 0 Å². The maximum absolute atomic E-state index is 12.4. The number of hydrogen-bond donors (Lipinski definition) is 1. The molecule has 1 aliphatic heterocycles. The number of hydrogen-bond acceptors (Lipinski definition) is 3. The Morgan fingerprint density at radius 3 is 2.30 bits per heavy atom. The lowest BCUT2D eigenvalue weighted by molar-refractivity contribution is -0.154. The number of amides is 1. The summed E-state index contributed by atoms with van der Waals surface area (Å²) in [6, 6.07) is 0.126. The first-order valence-corrected chi connectivity index (χ1v) is 6.95. The summed E-state index contributed by atoms with van der Waals surface area (Å²) in [4.78, 5) is 14.9. The quantitative estimate of drug-likeness (QED) is 0.838. The third kappa shape index (κ3) is 5.28. The Morgan fingerprint density at radius 2 is 1.85 bits per heavy atom. The predicted octanol–water partition coefficient (Wildman–Crippen LogP) is 1.63. The lowest BCUT2D eigenvalue weighted by Crippen LogP contribution is -2.52. The second-order valence-corrected chi connectivity index (χ2v) is 5.48. The van der Waals surface area contributed by atoms with Crippen molar-refractivity contribution in [2.75, 3.05) is 26.2 Å². The lowest BCUT2D eigenvalue weighted by Gasteiger charge is -2.40. The monoisotopic (exact) mass is 296 g/mol. The van der Waals surface area contributed by atoms with E-state index in [-0.39, 0.29) is 31.1 Å². The minimum absolute atomic E-state index is 0.0631. The average molecular weight is 296 g/mol. The molecule has 0 aromatic heterocycles. The van der Waals surface area contributed by atoms with Gasteiger partial charge in [-0.3, -0.25) is 9.69 Å². The molecule has 0 aromatic rings. The second-order valence-electron chi connectivity index (χ2n) is 5.48. The Balaban J connectivity index is 2.64.